The van der Waals surface area contributed by atoms with E-state index in [0.717, 1.165) is 12.1 Å². The standard InChI is InChI=1S/C10H12O6S/c1-3-6-7(5(2)17(14,15)16)4-8(11)10(13)9(6)12/h3-5,11-13H,1H2,2H3,(H,14,15,16). The van der Waals surface area contributed by atoms with Gasteiger partial charge >= 0.3 is 0 Å². The average molecular weight is 260 g/mol. The second-order valence-corrected chi connectivity index (χ2v) is 5.19. The summed E-state index contributed by atoms with van der Waals surface area (Å²) >= 11 is 0. The Balaban J connectivity index is 3.60. The maximum absolute atomic E-state index is 11.0. The molecule has 1 unspecified atom stereocenters. The van der Waals surface area contributed by atoms with E-state index in [1.54, 1.807) is 0 Å². The summed E-state index contributed by atoms with van der Waals surface area (Å²) in [4.78, 5) is 0. The van der Waals surface area contributed by atoms with Crippen molar-refractivity contribution in [2.45, 2.75) is 12.2 Å². The summed E-state index contributed by atoms with van der Waals surface area (Å²) in [6, 6.07) is 0.949. The lowest BCUT2D eigenvalue weighted by molar-refractivity contribution is 0.366. The van der Waals surface area contributed by atoms with Crippen LogP contribution in [0.25, 0.3) is 6.08 Å². The predicted molar refractivity (Wildman–Crippen MR) is 61.5 cm³/mol. The minimum atomic E-state index is -4.39. The lowest BCUT2D eigenvalue weighted by Crippen LogP contribution is -2.09. The average Bonchev–Trinajstić information content (AvgIpc) is 2.23. The normalized spacial score (nSPS) is 13.3. The first-order valence-electron chi connectivity index (χ1n) is 4.56. The van der Waals surface area contributed by atoms with Crippen LogP contribution in [0.15, 0.2) is 12.6 Å². The maximum Gasteiger partial charge on any atom is 0.271 e. The maximum atomic E-state index is 11.0. The SMILES string of the molecule is C=Cc1c(C(C)S(=O)(=O)O)cc(O)c(O)c1O. The van der Waals surface area contributed by atoms with Gasteiger partial charge in [-0.2, -0.15) is 8.42 Å². The topological polar surface area (TPSA) is 115 Å². The Morgan fingerprint density at radius 2 is 1.82 bits per heavy atom. The van der Waals surface area contributed by atoms with Crippen LogP contribution >= 0.6 is 0 Å². The summed E-state index contributed by atoms with van der Waals surface area (Å²) in [6.45, 7) is 4.53. The Kier molecular flexibility index (Phi) is 3.35. The molecule has 0 radical (unpaired) electrons. The molecule has 1 aromatic rings. The zero-order valence-corrected chi connectivity index (χ0v) is 9.77. The molecule has 0 spiro atoms. The van der Waals surface area contributed by atoms with E-state index in [9.17, 15) is 23.7 Å². The summed E-state index contributed by atoms with van der Waals surface area (Å²) in [5.74, 6) is -2.14. The van der Waals surface area contributed by atoms with Crippen molar-refractivity contribution >= 4 is 16.2 Å². The molecule has 0 heterocycles. The quantitative estimate of drug-likeness (QED) is 0.482. The molecule has 0 saturated carbocycles. The molecule has 0 aliphatic rings. The third-order valence-corrected chi connectivity index (χ3v) is 3.56. The molecule has 94 valence electrons. The van der Waals surface area contributed by atoms with E-state index in [-0.39, 0.29) is 11.1 Å². The predicted octanol–water partition coefficient (Wildman–Crippen LogP) is 1.40. The Bertz CT molecular complexity index is 561. The fourth-order valence-corrected chi connectivity index (χ4v) is 1.91. The number of hydrogen-bond donors (Lipinski definition) is 4. The molecule has 0 aliphatic carbocycles. The second-order valence-electron chi connectivity index (χ2n) is 3.46. The number of rotatable bonds is 3. The van der Waals surface area contributed by atoms with Crippen LogP contribution < -0.4 is 0 Å². The summed E-state index contributed by atoms with van der Waals surface area (Å²) in [7, 11) is -4.39. The third-order valence-electron chi connectivity index (χ3n) is 2.41. The molecular formula is C10H12O6S. The monoisotopic (exact) mass is 260 g/mol. The van der Waals surface area contributed by atoms with Gasteiger partial charge < -0.3 is 15.3 Å². The minimum Gasteiger partial charge on any atom is -0.504 e. The van der Waals surface area contributed by atoms with Crippen LogP contribution in [-0.2, 0) is 10.1 Å². The van der Waals surface area contributed by atoms with Gasteiger partial charge in [-0.15, -0.1) is 0 Å². The van der Waals surface area contributed by atoms with E-state index < -0.39 is 32.6 Å². The Labute approximate surface area is 98.2 Å². The van der Waals surface area contributed by atoms with E-state index in [2.05, 4.69) is 6.58 Å². The Hall–Kier alpha value is -1.73. The largest absolute Gasteiger partial charge is 0.504 e. The van der Waals surface area contributed by atoms with Gasteiger partial charge in [0.25, 0.3) is 10.1 Å². The molecule has 0 aromatic heterocycles. The van der Waals surface area contributed by atoms with E-state index in [4.69, 9.17) is 4.55 Å². The fourth-order valence-electron chi connectivity index (χ4n) is 1.39. The molecule has 0 amide bonds. The highest BCUT2D eigenvalue weighted by Crippen LogP contribution is 2.43. The molecule has 0 bridgehead atoms. The zero-order valence-electron chi connectivity index (χ0n) is 8.95. The summed E-state index contributed by atoms with van der Waals surface area (Å²) in [5, 5.41) is 26.7. The van der Waals surface area contributed by atoms with Crippen LogP contribution in [0.1, 0.15) is 23.3 Å². The van der Waals surface area contributed by atoms with Crippen LogP contribution in [0.5, 0.6) is 17.2 Å². The molecule has 0 saturated heterocycles. The van der Waals surface area contributed by atoms with E-state index >= 15 is 0 Å². The molecule has 1 rings (SSSR count). The summed E-state index contributed by atoms with van der Waals surface area (Å²) < 4.78 is 30.9. The number of aromatic hydroxyl groups is 3. The van der Waals surface area contributed by atoms with E-state index in [1.165, 1.54) is 6.92 Å². The minimum absolute atomic E-state index is 0.0599. The van der Waals surface area contributed by atoms with Gasteiger partial charge in [-0.05, 0) is 18.6 Å². The van der Waals surface area contributed by atoms with Gasteiger partial charge in [0.05, 0.1) is 0 Å². The van der Waals surface area contributed by atoms with Crippen molar-refractivity contribution in [3.8, 4) is 17.2 Å². The smallest absolute Gasteiger partial charge is 0.271 e. The van der Waals surface area contributed by atoms with E-state index in [1.807, 2.05) is 0 Å². The van der Waals surface area contributed by atoms with Crippen LogP contribution in [0.3, 0.4) is 0 Å². The number of benzene rings is 1. The molecule has 17 heavy (non-hydrogen) atoms. The zero-order chi connectivity index (χ0) is 13.4. The van der Waals surface area contributed by atoms with E-state index in [0.29, 0.717) is 0 Å². The van der Waals surface area contributed by atoms with Gasteiger partial charge in [-0.1, -0.05) is 12.7 Å². The van der Waals surface area contributed by atoms with Gasteiger partial charge in [0, 0.05) is 5.56 Å². The number of phenols is 3. The van der Waals surface area contributed by atoms with Crippen molar-refractivity contribution in [3.63, 3.8) is 0 Å². The second kappa shape index (κ2) is 4.27. The molecular weight excluding hydrogens is 248 g/mol. The highest BCUT2D eigenvalue weighted by Gasteiger charge is 2.26. The fraction of sp³-hybridized carbons (Fsp3) is 0.200. The molecule has 0 aliphatic heterocycles. The van der Waals surface area contributed by atoms with Crippen molar-refractivity contribution in [2.75, 3.05) is 0 Å². The van der Waals surface area contributed by atoms with Crippen LogP contribution in [0, 0.1) is 0 Å². The molecule has 7 heteroatoms. The molecule has 1 aromatic carbocycles. The Morgan fingerprint density at radius 3 is 2.24 bits per heavy atom. The molecule has 0 fully saturated rings. The summed E-state index contributed by atoms with van der Waals surface area (Å²) in [5.41, 5.74) is -0.124. The lowest BCUT2D eigenvalue weighted by atomic mass is 10.0. The highest BCUT2D eigenvalue weighted by molar-refractivity contribution is 7.86. The first-order valence-corrected chi connectivity index (χ1v) is 6.07. The number of phenolic OH excluding ortho intramolecular Hbond substituents is 3. The lowest BCUT2D eigenvalue weighted by Gasteiger charge is -2.15. The van der Waals surface area contributed by atoms with Crippen molar-refractivity contribution < 1.29 is 28.3 Å². The van der Waals surface area contributed by atoms with Crippen LogP contribution in [0.4, 0.5) is 0 Å². The first kappa shape index (κ1) is 13.3. The first-order chi connectivity index (χ1) is 7.70. The van der Waals surface area contributed by atoms with Gasteiger partial charge in [0.1, 0.15) is 5.25 Å². The summed E-state index contributed by atoms with van der Waals surface area (Å²) in [6.07, 6.45) is 1.12. The van der Waals surface area contributed by atoms with Crippen molar-refractivity contribution in [1.29, 1.82) is 0 Å². The highest BCUT2D eigenvalue weighted by atomic mass is 32.2. The van der Waals surface area contributed by atoms with Gasteiger partial charge in [0.15, 0.2) is 11.5 Å². The third kappa shape index (κ3) is 2.34. The molecule has 1 atom stereocenters. The molecule has 4 N–H and O–H groups in total. The number of hydrogen-bond acceptors (Lipinski definition) is 5. The van der Waals surface area contributed by atoms with Gasteiger partial charge in [-0.25, -0.2) is 0 Å². The molecule has 6 nitrogen and oxygen atoms in total. The van der Waals surface area contributed by atoms with Crippen LogP contribution in [0.2, 0.25) is 0 Å². The van der Waals surface area contributed by atoms with Crippen molar-refractivity contribution in [2.24, 2.45) is 0 Å². The van der Waals surface area contributed by atoms with Gasteiger partial charge in [-0.3, -0.25) is 4.55 Å². The Morgan fingerprint density at radius 1 is 1.29 bits per heavy atom. The van der Waals surface area contributed by atoms with Crippen molar-refractivity contribution in [3.05, 3.63) is 23.8 Å². The van der Waals surface area contributed by atoms with Gasteiger partial charge in [0.2, 0.25) is 5.75 Å². The van der Waals surface area contributed by atoms with Crippen molar-refractivity contribution in [1.82, 2.24) is 0 Å². The van der Waals surface area contributed by atoms with Crippen LogP contribution in [-0.4, -0.2) is 28.3 Å².